The molecule has 10 aromatic carbocycles. The minimum atomic E-state index is -0.877. The van der Waals surface area contributed by atoms with Crippen LogP contribution >= 0.6 is 0 Å². The Morgan fingerprint density at radius 3 is 1.02 bits per heavy atom. The Morgan fingerprint density at radius 2 is 0.673 bits per heavy atom. The second-order valence-electron chi connectivity index (χ2n) is 37.3. The van der Waals surface area contributed by atoms with Gasteiger partial charge < -0.3 is 72.5 Å². The lowest BCUT2D eigenvalue weighted by Gasteiger charge is -2.20. The molecule has 24 aromatic rings. The zero-order chi connectivity index (χ0) is 102. The lowest BCUT2D eigenvalue weighted by molar-refractivity contribution is -0.116. The van der Waals surface area contributed by atoms with E-state index >= 15 is 0 Å². The van der Waals surface area contributed by atoms with E-state index in [0.29, 0.717) is 30.9 Å². The number of benzene rings is 10. The van der Waals surface area contributed by atoms with Crippen molar-refractivity contribution in [2.24, 2.45) is 0 Å². The fourth-order valence-electron chi connectivity index (χ4n) is 20.8. The van der Waals surface area contributed by atoms with E-state index in [1.165, 1.54) is 5.56 Å². The highest BCUT2D eigenvalue weighted by Crippen LogP contribution is 2.48. The highest BCUT2D eigenvalue weighted by atomic mass is 16.5. The summed E-state index contributed by atoms with van der Waals surface area (Å²) in [7, 11) is 1.61. The van der Waals surface area contributed by atoms with E-state index < -0.39 is 6.10 Å². The van der Waals surface area contributed by atoms with Crippen LogP contribution in [0, 0.1) is 111 Å². The van der Waals surface area contributed by atoms with Crippen LogP contribution in [0.4, 0.5) is 5.69 Å². The number of anilines is 1. The third kappa shape index (κ3) is 17.9. The number of rotatable bonds is 16. The summed E-state index contributed by atoms with van der Waals surface area (Å²) in [6.45, 7) is 34.2. The molecule has 25 rings (SSSR count). The Hall–Kier alpha value is -17.8. The first-order valence-corrected chi connectivity index (χ1v) is 48.7. The van der Waals surface area contributed by atoms with Crippen molar-refractivity contribution in [1.29, 1.82) is 0 Å². The van der Waals surface area contributed by atoms with Crippen LogP contribution in [0.15, 0.2) is 223 Å². The zero-order valence-electron chi connectivity index (χ0n) is 84.6. The maximum absolute atomic E-state index is 11.8. The van der Waals surface area contributed by atoms with Gasteiger partial charge in [-0.2, -0.15) is 9.97 Å². The minimum Gasteiger partial charge on any atom is -0.468 e. The third-order valence-corrected chi connectivity index (χ3v) is 27.3. The normalized spacial score (nSPS) is 12.1. The number of H-pyrrole nitrogens is 5. The van der Waals surface area contributed by atoms with E-state index in [1.54, 1.807) is 13.3 Å². The van der Waals surface area contributed by atoms with E-state index in [-0.39, 0.29) is 18.9 Å². The number of fused-ring (bicyclic) bond motifs is 10. The molecule has 15 heterocycles. The average Bonchev–Trinajstić information content (AvgIpc) is 1.66. The molecule has 1 aliphatic heterocycles. The summed E-state index contributed by atoms with van der Waals surface area (Å²) >= 11 is 0. The molecule has 1 unspecified atom stereocenters. The molecule has 14 aromatic heterocycles. The van der Waals surface area contributed by atoms with Crippen molar-refractivity contribution in [1.82, 2.24) is 95.6 Å². The monoisotopic (exact) mass is 1950 g/mol. The first-order valence-electron chi connectivity index (χ1n) is 48.7. The molecule has 734 valence electrons. The van der Waals surface area contributed by atoms with Gasteiger partial charge in [0.15, 0.2) is 0 Å². The highest BCUT2D eigenvalue weighted by molar-refractivity contribution is 6.11. The Morgan fingerprint density at radius 1 is 0.347 bits per heavy atom. The first kappa shape index (κ1) is 95.4. The largest absolute Gasteiger partial charge is 0.468 e. The van der Waals surface area contributed by atoms with Crippen molar-refractivity contribution in [3.8, 4) is 123 Å². The molecule has 0 spiro atoms. The Labute approximate surface area is 843 Å². The standard InChI is InChI=1S/C25H24N4O3.C24H22N4O2.C23H20N4O2.C23H20N4O.C22H20N4O2/c1-13-6-7-19-17(5-4-9-26-19)22(13)18-11-16(23-14(2)29-32-15(23)3)12-20-24(18)28-25(27-20)21(31)8-10-30;1-5-29-24-26-20-12-16(22-14(3)28-30-15(22)4)11-18(23(20)27-24)21-13(2)8-9-19-17(21)7-6-10-25-19;1-12-7-8-18-16(6-5-9-24-18)20(12)17-10-15(21-13(2)27-29-14(21)3)11-19-22(17)26-23(25-19)28-4;1-12-7-8-19-17(6-5-9-24-19)21(12)18-10-16(22-13(2)27-28-14(22)3)11-20-23(18)26-15(4)25-20;1-11-21(12(2)28-26-11)14-9-17(22-19(10-14)23-13(3)24-22)15-5-4-6-18-16(15)7-8-20(27)25-18/h4-7,9,11-12,21,30-31H,8,10H2,1-3H3,(H,27,28);6-12H,5H2,1-4H3,(H,26,27);5-11H,1-4H3,(H,25,26);5-11H,1-4H3,(H,25,26);4-6,9-10H,7-8H2,1-3H3,(H,23,24)(H,25,27). The first-order chi connectivity index (χ1) is 71.1. The second kappa shape index (κ2) is 39.2. The summed E-state index contributed by atoms with van der Waals surface area (Å²) in [5.41, 5.74) is 44.4. The average molecular weight is 1950 g/mol. The van der Waals surface area contributed by atoms with Crippen LogP contribution in [0.5, 0.6) is 12.0 Å². The fraction of sp³-hybridized carbons (Fsp3) is 0.205. The lowest BCUT2D eigenvalue weighted by Crippen LogP contribution is -2.19. The zero-order valence-corrected chi connectivity index (χ0v) is 84.6. The third-order valence-electron chi connectivity index (χ3n) is 27.3. The van der Waals surface area contributed by atoms with Gasteiger partial charge in [0.25, 0.3) is 12.0 Å². The molecule has 147 heavy (non-hydrogen) atoms. The van der Waals surface area contributed by atoms with Crippen molar-refractivity contribution in [3.63, 3.8) is 0 Å². The number of carbonyl (C=O) groups is 1. The van der Waals surface area contributed by atoms with Gasteiger partial charge in [-0.15, -0.1) is 0 Å². The molecule has 0 bridgehead atoms. The second-order valence-corrected chi connectivity index (χ2v) is 37.3. The number of hydrogen-bond acceptors (Lipinski definition) is 24. The molecular weight excluding hydrogens is 1850 g/mol. The lowest BCUT2D eigenvalue weighted by atomic mass is 9.90. The van der Waals surface area contributed by atoms with Crippen molar-refractivity contribution >= 4 is 110 Å². The molecule has 1 atom stereocenters. The van der Waals surface area contributed by atoms with Gasteiger partial charge in [-0.05, 0) is 323 Å². The summed E-state index contributed by atoms with van der Waals surface area (Å²) < 4.78 is 38.1. The number of nitrogens with one attached hydrogen (secondary N) is 6. The number of pyridine rings is 4. The van der Waals surface area contributed by atoms with Gasteiger partial charge in [0.05, 0.1) is 108 Å². The molecule has 0 radical (unpaired) electrons. The van der Waals surface area contributed by atoms with Gasteiger partial charge in [-0.1, -0.05) is 86.4 Å². The molecule has 30 nitrogen and oxygen atoms in total. The van der Waals surface area contributed by atoms with Crippen LogP contribution < -0.4 is 14.8 Å². The topological polar surface area (TPSA) is 413 Å². The number of imidazole rings is 5. The van der Waals surface area contributed by atoms with Crippen molar-refractivity contribution < 1.29 is 47.1 Å². The number of methoxy groups -OCH3 is 1. The van der Waals surface area contributed by atoms with E-state index in [4.69, 9.17) is 52.0 Å². The Balaban J connectivity index is 0.000000108. The Bertz CT molecular complexity index is 9200. The molecule has 1 amide bonds. The molecule has 0 fully saturated rings. The van der Waals surface area contributed by atoms with Gasteiger partial charge in [-0.25, -0.2) is 15.0 Å². The van der Waals surface area contributed by atoms with Crippen molar-refractivity contribution in [2.45, 2.75) is 143 Å². The summed E-state index contributed by atoms with van der Waals surface area (Å²) in [6, 6.07) is 61.0. The van der Waals surface area contributed by atoms with E-state index in [0.717, 1.165) is 313 Å². The summed E-state index contributed by atoms with van der Waals surface area (Å²) in [5.74, 6) is 6.18. The predicted octanol–water partition coefficient (Wildman–Crippen LogP) is 26.3. The van der Waals surface area contributed by atoms with Crippen LogP contribution in [-0.4, -0.2) is 132 Å². The number of nitrogens with zero attached hydrogens (tertiary/aromatic N) is 14. The van der Waals surface area contributed by atoms with Crippen molar-refractivity contribution in [3.05, 3.63) is 303 Å². The molecular formula is C117H106N20O10. The number of aromatic amines is 5. The number of amides is 1. The predicted molar refractivity (Wildman–Crippen MR) is 573 cm³/mol. The number of aryl methyl sites for hydroxylation is 16. The maximum Gasteiger partial charge on any atom is 0.294 e. The molecule has 1 aliphatic rings. The Kier molecular flexibility index (Phi) is 25.4. The number of ether oxygens (including phenoxy) is 2. The van der Waals surface area contributed by atoms with Crippen LogP contribution in [0.1, 0.15) is 128 Å². The van der Waals surface area contributed by atoms with E-state index in [9.17, 15) is 15.0 Å². The number of carbonyl (C=O) groups excluding carboxylic acids is 1. The van der Waals surface area contributed by atoms with Crippen LogP contribution in [-0.2, 0) is 11.2 Å². The number of hydrogen-bond donors (Lipinski definition) is 8. The molecule has 0 saturated carbocycles. The van der Waals surface area contributed by atoms with Gasteiger partial charge in [0.2, 0.25) is 5.91 Å². The number of aromatic nitrogens is 19. The molecule has 0 aliphatic carbocycles. The molecule has 30 heteroatoms. The smallest absolute Gasteiger partial charge is 0.294 e. The number of aliphatic hydroxyl groups is 2. The maximum atomic E-state index is 11.8. The van der Waals surface area contributed by atoms with E-state index in [1.807, 2.05) is 157 Å². The SMILES string of the molecule is CCOc1nc2c(-c3c(C)ccc4ncccc34)cc(-c3c(C)noc3C)cc2[nH]1.COc1nc2c(-c3c(C)ccc4ncccc34)cc(-c3c(C)noc3C)cc2[nH]1.Cc1ccc2ncccc2c1-c1cc(-c2c(C)noc2C)cc2[nH]c(C(O)CCO)nc12.Cc1nc2c(-c3c(C)ccc4ncccc34)cc(-c3c(C)noc3C)cc2[nH]1.Cc1nc2c(-c3cccc4c3CCC(=O)N4)cc(-c3c(C)noc3C)cc2[nH]1. The van der Waals surface area contributed by atoms with Gasteiger partial charge in [-0.3, -0.25) is 24.7 Å². The van der Waals surface area contributed by atoms with Crippen LogP contribution in [0.25, 0.3) is 210 Å². The van der Waals surface area contributed by atoms with Crippen LogP contribution in [0.3, 0.4) is 0 Å². The van der Waals surface area contributed by atoms with Gasteiger partial charge in [0.1, 0.15) is 63.4 Å². The highest BCUT2D eigenvalue weighted by Gasteiger charge is 2.30. The molecule has 0 saturated heterocycles. The van der Waals surface area contributed by atoms with E-state index in [2.05, 4.69) is 236 Å². The van der Waals surface area contributed by atoms with Gasteiger partial charge >= 0.3 is 0 Å². The summed E-state index contributed by atoms with van der Waals surface area (Å²) in [5, 5.41) is 47.7. The fourth-order valence-corrected chi connectivity index (χ4v) is 20.8. The summed E-state index contributed by atoms with van der Waals surface area (Å²) in [6.07, 6.45) is 7.80. The number of aliphatic hydroxyl groups excluding tert-OH is 2. The molecule has 8 N–H and O–H groups in total. The van der Waals surface area contributed by atoms with Crippen molar-refractivity contribution in [2.75, 3.05) is 25.6 Å². The van der Waals surface area contributed by atoms with Crippen LogP contribution in [0.2, 0.25) is 0 Å². The summed E-state index contributed by atoms with van der Waals surface area (Å²) in [4.78, 5) is 70.3. The van der Waals surface area contributed by atoms with Gasteiger partial charge in [0, 0.05) is 127 Å². The minimum absolute atomic E-state index is 0.0647. The quantitative estimate of drug-likeness (QED) is 0.0445.